The molecule has 4 rings (SSSR count). The average Bonchev–Trinajstić information content (AvgIpc) is 3.45. The number of rotatable bonds is 11. The molecule has 0 spiro atoms. The molecule has 2 aromatic rings. The molecule has 2 N–H and O–H groups in total. The zero-order valence-corrected chi connectivity index (χ0v) is 23.6. The lowest BCUT2D eigenvalue weighted by Gasteiger charge is -2.31. The van der Waals surface area contributed by atoms with E-state index in [-0.39, 0.29) is 55.2 Å². The van der Waals surface area contributed by atoms with Crippen LogP contribution in [0.25, 0.3) is 0 Å². The third kappa shape index (κ3) is 6.82. The number of cyclic esters (lactones) is 1. The zero-order chi connectivity index (χ0) is 27.3. The van der Waals surface area contributed by atoms with E-state index in [1.165, 1.54) is 0 Å². The predicted octanol–water partition coefficient (Wildman–Crippen LogP) is 3.96. The van der Waals surface area contributed by atoms with E-state index < -0.39 is 8.32 Å². The van der Waals surface area contributed by atoms with E-state index in [4.69, 9.17) is 9.47 Å². The van der Waals surface area contributed by atoms with Gasteiger partial charge in [-0.3, -0.25) is 9.69 Å². The Balaban J connectivity index is 1.42. The van der Waals surface area contributed by atoms with Gasteiger partial charge < -0.3 is 24.3 Å². The number of benzene rings is 2. The number of aliphatic hydroxyl groups excluding tert-OH is 1. The van der Waals surface area contributed by atoms with Crippen molar-refractivity contribution in [1.82, 2.24) is 4.90 Å². The van der Waals surface area contributed by atoms with E-state index in [0.717, 1.165) is 29.7 Å². The van der Waals surface area contributed by atoms with Gasteiger partial charge in [0.05, 0.1) is 31.8 Å². The summed E-state index contributed by atoms with van der Waals surface area (Å²) in [5.74, 6) is 0.0332. The molecule has 0 unspecified atom stereocenters. The fraction of sp³-hybridized carbons (Fsp3) is 0.517. The van der Waals surface area contributed by atoms with Gasteiger partial charge >= 0.3 is 6.09 Å². The van der Waals surface area contributed by atoms with E-state index in [1.807, 2.05) is 67.7 Å². The molecule has 2 fully saturated rings. The van der Waals surface area contributed by atoms with Crippen LogP contribution in [0, 0.1) is 5.92 Å². The standard InChI is InChI=1S/C29H40N2O6Si/c1-21-25(13-12-22-10-7-11-24(18-22)31-15-17-36-29(31)34)37-26(28(21)38(2,3)35)19-27(33)30(14-16-32)20-23-8-5-4-6-9-23/h4-11,18,21,25-26,28,32,35H,12-17,19-20H2,1-3H3/t21-,25+,26-,28+/m1/s1. The first-order chi connectivity index (χ1) is 18.2. The number of carbonyl (C=O) groups is 2. The predicted molar refractivity (Wildman–Crippen MR) is 148 cm³/mol. The van der Waals surface area contributed by atoms with Crippen LogP contribution in [0.2, 0.25) is 18.6 Å². The number of aliphatic hydroxyl groups is 1. The van der Waals surface area contributed by atoms with Crippen molar-refractivity contribution in [2.75, 3.05) is 31.2 Å². The SMILES string of the molecule is C[C@H]1[C@H]([Si](C)(C)O)[C@@H](CC(=O)N(CCO)Cc2ccccc2)O[C@H]1CCc1cccc(N2CCOC2=O)c1. The molecule has 4 atom stereocenters. The summed E-state index contributed by atoms with van der Waals surface area (Å²) in [7, 11) is -2.63. The van der Waals surface area contributed by atoms with E-state index in [2.05, 4.69) is 6.92 Å². The Hall–Kier alpha value is -2.72. The molecule has 0 aromatic heterocycles. The Morgan fingerprint density at radius 1 is 1.11 bits per heavy atom. The van der Waals surface area contributed by atoms with Crippen LogP contribution in [0.15, 0.2) is 54.6 Å². The zero-order valence-electron chi connectivity index (χ0n) is 22.6. The van der Waals surface area contributed by atoms with Crippen molar-refractivity contribution >= 4 is 26.0 Å². The minimum absolute atomic E-state index is 0.0742. The van der Waals surface area contributed by atoms with E-state index >= 15 is 0 Å². The second-order valence-electron chi connectivity index (χ2n) is 11.0. The van der Waals surface area contributed by atoms with Gasteiger partial charge in [-0.2, -0.15) is 0 Å². The van der Waals surface area contributed by atoms with Crippen LogP contribution in [-0.2, 0) is 27.2 Å². The van der Waals surface area contributed by atoms with Gasteiger partial charge in [0, 0.05) is 24.3 Å². The van der Waals surface area contributed by atoms with Gasteiger partial charge in [-0.1, -0.05) is 49.4 Å². The maximum absolute atomic E-state index is 13.4. The highest BCUT2D eigenvalue weighted by atomic mass is 28.4. The first-order valence-corrected chi connectivity index (χ1v) is 16.5. The monoisotopic (exact) mass is 540 g/mol. The lowest BCUT2D eigenvalue weighted by atomic mass is 9.95. The minimum atomic E-state index is -2.63. The van der Waals surface area contributed by atoms with Crippen LogP contribution < -0.4 is 4.90 Å². The number of hydrogen-bond acceptors (Lipinski definition) is 6. The average molecular weight is 541 g/mol. The molecular formula is C29H40N2O6Si. The Labute approximate surface area is 226 Å². The van der Waals surface area contributed by atoms with Gasteiger partial charge in [-0.25, -0.2) is 4.79 Å². The summed E-state index contributed by atoms with van der Waals surface area (Å²) in [6, 6.07) is 17.7. The molecule has 0 radical (unpaired) electrons. The van der Waals surface area contributed by atoms with E-state index in [0.29, 0.717) is 19.7 Å². The van der Waals surface area contributed by atoms with Crippen molar-refractivity contribution in [2.45, 2.75) is 63.6 Å². The van der Waals surface area contributed by atoms with Crippen molar-refractivity contribution < 1.29 is 29.0 Å². The summed E-state index contributed by atoms with van der Waals surface area (Å²) in [5.41, 5.74) is 2.87. The van der Waals surface area contributed by atoms with E-state index in [9.17, 15) is 19.5 Å². The number of carbonyl (C=O) groups excluding carboxylic acids is 2. The van der Waals surface area contributed by atoms with Crippen molar-refractivity contribution in [3.8, 4) is 0 Å². The third-order valence-electron chi connectivity index (χ3n) is 7.73. The van der Waals surface area contributed by atoms with Gasteiger partial charge in [0.15, 0.2) is 8.32 Å². The van der Waals surface area contributed by atoms with Crippen LogP contribution in [0.3, 0.4) is 0 Å². The number of hydrogen-bond donors (Lipinski definition) is 2. The lowest BCUT2D eigenvalue weighted by molar-refractivity contribution is -0.135. The summed E-state index contributed by atoms with van der Waals surface area (Å²) in [6.45, 7) is 7.49. The van der Waals surface area contributed by atoms with Gasteiger partial charge in [-0.05, 0) is 55.1 Å². The molecule has 2 aromatic carbocycles. The summed E-state index contributed by atoms with van der Waals surface area (Å²) >= 11 is 0. The van der Waals surface area contributed by atoms with Crippen molar-refractivity contribution in [3.05, 3.63) is 65.7 Å². The quantitative estimate of drug-likeness (QED) is 0.419. The Morgan fingerprint density at radius 3 is 2.50 bits per heavy atom. The molecule has 8 nitrogen and oxygen atoms in total. The molecule has 2 aliphatic rings. The molecule has 0 aliphatic carbocycles. The highest BCUT2D eigenvalue weighted by Gasteiger charge is 2.50. The van der Waals surface area contributed by atoms with Gasteiger partial charge in [0.2, 0.25) is 5.91 Å². The second kappa shape index (κ2) is 12.4. The normalized spacial score (nSPS) is 23.5. The fourth-order valence-corrected chi connectivity index (χ4v) is 8.55. The number of ether oxygens (including phenoxy) is 2. The molecule has 2 aliphatic heterocycles. The first kappa shape index (κ1) is 28.3. The van der Waals surface area contributed by atoms with Crippen LogP contribution >= 0.6 is 0 Å². The van der Waals surface area contributed by atoms with Gasteiger partial charge in [0.1, 0.15) is 6.61 Å². The highest BCUT2D eigenvalue weighted by Crippen LogP contribution is 2.45. The summed E-state index contributed by atoms with van der Waals surface area (Å²) < 4.78 is 11.6. The Morgan fingerprint density at radius 2 is 1.84 bits per heavy atom. The van der Waals surface area contributed by atoms with E-state index in [1.54, 1.807) is 9.80 Å². The molecular weight excluding hydrogens is 500 g/mol. The molecule has 9 heteroatoms. The van der Waals surface area contributed by atoms with Gasteiger partial charge in [-0.15, -0.1) is 0 Å². The van der Waals surface area contributed by atoms with Gasteiger partial charge in [0.25, 0.3) is 0 Å². The van der Waals surface area contributed by atoms with Crippen LogP contribution in [0.5, 0.6) is 0 Å². The summed E-state index contributed by atoms with van der Waals surface area (Å²) in [6.07, 6.45) is 0.932. The number of anilines is 1. The molecule has 2 saturated heterocycles. The first-order valence-electron chi connectivity index (χ1n) is 13.5. The Kier molecular flexibility index (Phi) is 9.25. The summed E-state index contributed by atoms with van der Waals surface area (Å²) in [4.78, 5) is 39.8. The number of nitrogens with zero attached hydrogens (tertiary/aromatic N) is 2. The molecule has 2 heterocycles. The number of amides is 2. The molecule has 206 valence electrons. The molecule has 0 bridgehead atoms. The largest absolute Gasteiger partial charge is 0.447 e. The van der Waals surface area contributed by atoms with Crippen LogP contribution in [0.4, 0.5) is 10.5 Å². The fourth-order valence-electron chi connectivity index (χ4n) is 5.94. The highest BCUT2D eigenvalue weighted by molar-refractivity contribution is 6.71. The van der Waals surface area contributed by atoms with Crippen molar-refractivity contribution in [3.63, 3.8) is 0 Å². The van der Waals surface area contributed by atoms with Crippen LogP contribution in [-0.4, -0.2) is 73.6 Å². The molecule has 0 saturated carbocycles. The smallest absolute Gasteiger partial charge is 0.414 e. The summed E-state index contributed by atoms with van der Waals surface area (Å²) in [5, 5.41) is 9.58. The lowest BCUT2D eigenvalue weighted by Crippen LogP contribution is -2.42. The minimum Gasteiger partial charge on any atom is -0.447 e. The van der Waals surface area contributed by atoms with Crippen LogP contribution in [0.1, 0.15) is 30.9 Å². The topological polar surface area (TPSA) is 99.5 Å². The number of aryl methyl sites for hydroxylation is 1. The maximum atomic E-state index is 13.4. The second-order valence-corrected chi connectivity index (χ2v) is 14.9. The van der Waals surface area contributed by atoms with Crippen molar-refractivity contribution in [2.24, 2.45) is 5.92 Å². The third-order valence-corrected chi connectivity index (χ3v) is 10.3. The Bertz CT molecular complexity index is 1090. The van der Waals surface area contributed by atoms with Crippen molar-refractivity contribution in [1.29, 1.82) is 0 Å². The molecule has 38 heavy (non-hydrogen) atoms. The maximum Gasteiger partial charge on any atom is 0.414 e. The molecule has 2 amide bonds.